The average Bonchev–Trinajstić information content (AvgIpc) is 2.59. The summed E-state index contributed by atoms with van der Waals surface area (Å²) in [5.41, 5.74) is -0.910. The van der Waals surface area contributed by atoms with E-state index in [9.17, 15) is 18.8 Å². The number of carboxylic acids is 1. The molecule has 0 atom stereocenters. The lowest BCUT2D eigenvalue weighted by Crippen LogP contribution is -2.39. The molecule has 0 aliphatic heterocycles. The molecule has 0 radical (unpaired) electrons. The Morgan fingerprint density at radius 3 is 2.64 bits per heavy atom. The van der Waals surface area contributed by atoms with Gasteiger partial charge in [-0.2, -0.15) is 9.78 Å². The first-order valence-corrected chi connectivity index (χ1v) is 7.29. The third-order valence-electron chi connectivity index (χ3n) is 3.28. The van der Waals surface area contributed by atoms with Crippen LogP contribution in [0.25, 0.3) is 5.69 Å². The highest BCUT2D eigenvalue weighted by Gasteiger charge is 2.21. The molecule has 0 unspecified atom stereocenters. The van der Waals surface area contributed by atoms with Crippen LogP contribution in [0.3, 0.4) is 0 Å². The molecule has 1 aromatic heterocycles. The van der Waals surface area contributed by atoms with Crippen molar-refractivity contribution in [1.82, 2.24) is 14.7 Å². The maximum Gasteiger partial charge on any atom is 0.323 e. The van der Waals surface area contributed by atoms with Crippen LogP contribution < -0.4 is 5.56 Å². The molecule has 1 heterocycles. The summed E-state index contributed by atoms with van der Waals surface area (Å²) >= 11 is 0. The number of carbonyl (C=O) groups excluding carboxylic acids is 1. The fourth-order valence-electron chi connectivity index (χ4n) is 2.10. The van der Waals surface area contributed by atoms with Gasteiger partial charge in [-0.15, -0.1) is 0 Å². The minimum Gasteiger partial charge on any atom is -0.480 e. The van der Waals surface area contributed by atoms with Crippen LogP contribution in [0.5, 0.6) is 0 Å². The summed E-state index contributed by atoms with van der Waals surface area (Å²) in [7, 11) is 1.42. The minimum atomic E-state index is -1.20. The number of hydrogen-bond donors (Lipinski definition) is 1. The van der Waals surface area contributed by atoms with Gasteiger partial charge in [-0.1, -0.05) is 12.1 Å². The van der Waals surface area contributed by atoms with Crippen LogP contribution in [-0.4, -0.2) is 58.5 Å². The van der Waals surface area contributed by atoms with E-state index in [4.69, 9.17) is 9.84 Å². The number of para-hydroxylation sites is 1. The lowest BCUT2D eigenvalue weighted by molar-refractivity contribution is -0.137. The normalized spacial score (nSPS) is 10.5. The Kier molecular flexibility index (Phi) is 5.96. The number of aromatic nitrogens is 2. The number of carbonyl (C=O) groups is 2. The van der Waals surface area contributed by atoms with Gasteiger partial charge in [-0.3, -0.25) is 14.4 Å². The van der Waals surface area contributed by atoms with Crippen molar-refractivity contribution in [2.45, 2.75) is 0 Å². The Bertz CT molecular complexity index is 837. The predicted molar refractivity (Wildman–Crippen MR) is 85.2 cm³/mol. The first-order chi connectivity index (χ1) is 11.9. The number of ether oxygens (including phenoxy) is 1. The SMILES string of the molecule is COCCN(CC(=O)O)C(=O)c1ccc(=O)n(-c2ccccc2F)n1. The van der Waals surface area contributed by atoms with Crippen LogP contribution in [-0.2, 0) is 9.53 Å². The van der Waals surface area contributed by atoms with Crippen molar-refractivity contribution in [3.63, 3.8) is 0 Å². The molecule has 0 aliphatic carbocycles. The molecule has 0 fully saturated rings. The lowest BCUT2D eigenvalue weighted by Gasteiger charge is -2.20. The van der Waals surface area contributed by atoms with Gasteiger partial charge in [0.15, 0.2) is 0 Å². The van der Waals surface area contributed by atoms with Gasteiger partial charge in [0.25, 0.3) is 11.5 Å². The summed E-state index contributed by atoms with van der Waals surface area (Å²) in [4.78, 5) is 36.4. The van der Waals surface area contributed by atoms with Crippen molar-refractivity contribution >= 4 is 11.9 Å². The molecule has 132 valence electrons. The van der Waals surface area contributed by atoms with E-state index in [0.29, 0.717) is 0 Å². The molecule has 0 bridgehead atoms. The molecule has 0 saturated carbocycles. The largest absolute Gasteiger partial charge is 0.480 e. The van der Waals surface area contributed by atoms with Gasteiger partial charge in [-0.25, -0.2) is 4.39 Å². The Morgan fingerprint density at radius 1 is 1.28 bits per heavy atom. The molecular weight excluding hydrogens is 333 g/mol. The van der Waals surface area contributed by atoms with Crippen LogP contribution in [0.1, 0.15) is 10.5 Å². The van der Waals surface area contributed by atoms with Gasteiger partial charge in [0, 0.05) is 19.7 Å². The van der Waals surface area contributed by atoms with E-state index in [-0.39, 0.29) is 24.5 Å². The number of aliphatic carboxylic acids is 1. The molecule has 1 aromatic carbocycles. The van der Waals surface area contributed by atoms with Gasteiger partial charge in [0.1, 0.15) is 23.7 Å². The summed E-state index contributed by atoms with van der Waals surface area (Å²) in [5.74, 6) is -2.58. The second-order valence-corrected chi connectivity index (χ2v) is 5.03. The Morgan fingerprint density at radius 2 is 2.00 bits per heavy atom. The zero-order valence-corrected chi connectivity index (χ0v) is 13.4. The van der Waals surface area contributed by atoms with E-state index in [1.165, 1.54) is 31.4 Å². The van der Waals surface area contributed by atoms with Gasteiger partial charge >= 0.3 is 5.97 Å². The number of carboxylic acid groups (broad SMARTS) is 1. The Hall–Kier alpha value is -3.07. The number of benzene rings is 1. The first kappa shape index (κ1) is 18.3. The van der Waals surface area contributed by atoms with E-state index >= 15 is 0 Å². The fraction of sp³-hybridized carbons (Fsp3) is 0.250. The van der Waals surface area contributed by atoms with Gasteiger partial charge < -0.3 is 14.7 Å². The van der Waals surface area contributed by atoms with E-state index in [2.05, 4.69) is 5.10 Å². The standard InChI is InChI=1S/C16H16FN3O5/c1-25-9-8-19(10-15(22)23)16(24)12-6-7-14(21)20(18-12)13-5-3-2-4-11(13)17/h2-7H,8-10H2,1H3,(H,22,23). The minimum absolute atomic E-state index is 0.0299. The summed E-state index contributed by atoms with van der Waals surface area (Å²) in [5, 5.41) is 12.8. The van der Waals surface area contributed by atoms with Crippen molar-refractivity contribution in [1.29, 1.82) is 0 Å². The van der Waals surface area contributed by atoms with Crippen LogP contribution in [0.2, 0.25) is 0 Å². The number of nitrogens with zero attached hydrogens (tertiary/aromatic N) is 3. The summed E-state index contributed by atoms with van der Waals surface area (Å²) in [6.45, 7) is -0.392. The van der Waals surface area contributed by atoms with Gasteiger partial charge in [-0.05, 0) is 18.2 Å². The van der Waals surface area contributed by atoms with E-state index < -0.39 is 29.8 Å². The molecule has 9 heteroatoms. The molecule has 8 nitrogen and oxygen atoms in total. The monoisotopic (exact) mass is 349 g/mol. The lowest BCUT2D eigenvalue weighted by atomic mass is 10.3. The molecule has 25 heavy (non-hydrogen) atoms. The second kappa shape index (κ2) is 8.15. The molecule has 2 aromatic rings. The summed E-state index contributed by atoms with van der Waals surface area (Å²) in [6, 6.07) is 7.73. The number of rotatable bonds is 7. The highest BCUT2D eigenvalue weighted by molar-refractivity contribution is 5.94. The second-order valence-electron chi connectivity index (χ2n) is 5.03. The zero-order chi connectivity index (χ0) is 18.4. The Labute approximate surface area is 142 Å². The molecule has 0 saturated heterocycles. The summed E-state index contributed by atoms with van der Waals surface area (Å²) < 4.78 is 19.5. The molecule has 0 spiro atoms. The number of halogens is 1. The third kappa shape index (κ3) is 4.48. The predicted octanol–water partition coefficient (Wildman–Crippen LogP) is 0.545. The van der Waals surface area contributed by atoms with E-state index in [0.717, 1.165) is 21.7 Å². The van der Waals surface area contributed by atoms with E-state index in [1.807, 2.05) is 0 Å². The molecular formula is C16H16FN3O5. The van der Waals surface area contributed by atoms with Crippen LogP contribution >= 0.6 is 0 Å². The smallest absolute Gasteiger partial charge is 0.323 e. The molecule has 1 N–H and O–H groups in total. The van der Waals surface area contributed by atoms with Crippen molar-refractivity contribution < 1.29 is 23.8 Å². The van der Waals surface area contributed by atoms with Crippen LogP contribution in [0, 0.1) is 5.82 Å². The number of methoxy groups -OCH3 is 1. The summed E-state index contributed by atoms with van der Waals surface area (Å²) in [6.07, 6.45) is 0. The Balaban J connectivity index is 2.40. The number of hydrogen-bond acceptors (Lipinski definition) is 5. The third-order valence-corrected chi connectivity index (χ3v) is 3.28. The maximum atomic E-state index is 13.9. The van der Waals surface area contributed by atoms with Crippen LogP contribution in [0.4, 0.5) is 4.39 Å². The molecule has 1 amide bonds. The van der Waals surface area contributed by atoms with Gasteiger partial charge in [0.2, 0.25) is 0 Å². The molecule has 0 aliphatic rings. The van der Waals surface area contributed by atoms with Crippen LogP contribution in [0.15, 0.2) is 41.2 Å². The average molecular weight is 349 g/mol. The van der Waals surface area contributed by atoms with Gasteiger partial charge in [0.05, 0.1) is 6.61 Å². The first-order valence-electron chi connectivity index (χ1n) is 7.29. The quantitative estimate of drug-likeness (QED) is 0.783. The van der Waals surface area contributed by atoms with Crippen molar-refractivity contribution in [3.8, 4) is 5.69 Å². The molecule has 2 rings (SSSR count). The maximum absolute atomic E-state index is 13.9. The van der Waals surface area contributed by atoms with Crippen molar-refractivity contribution in [3.05, 3.63) is 58.3 Å². The van der Waals surface area contributed by atoms with Crippen molar-refractivity contribution in [2.75, 3.05) is 26.8 Å². The highest BCUT2D eigenvalue weighted by atomic mass is 19.1. The highest BCUT2D eigenvalue weighted by Crippen LogP contribution is 2.10. The topological polar surface area (TPSA) is 102 Å². The fourth-order valence-corrected chi connectivity index (χ4v) is 2.10. The van der Waals surface area contributed by atoms with Crippen molar-refractivity contribution in [2.24, 2.45) is 0 Å². The van der Waals surface area contributed by atoms with E-state index in [1.54, 1.807) is 0 Å². The zero-order valence-electron chi connectivity index (χ0n) is 13.4. The number of amides is 1.